The second-order valence-corrected chi connectivity index (χ2v) is 8.27. The van der Waals surface area contributed by atoms with Gasteiger partial charge in [0.05, 0.1) is 6.54 Å². The van der Waals surface area contributed by atoms with Crippen LogP contribution in [-0.2, 0) is 13.0 Å². The maximum atomic E-state index is 12.0. The summed E-state index contributed by atoms with van der Waals surface area (Å²) >= 11 is 0. The Kier molecular flexibility index (Phi) is 8.25. The third-order valence-corrected chi connectivity index (χ3v) is 4.63. The number of benzene rings is 2. The van der Waals surface area contributed by atoms with E-state index in [9.17, 15) is 4.79 Å². The third-order valence-electron chi connectivity index (χ3n) is 4.63. The van der Waals surface area contributed by atoms with E-state index in [1.807, 2.05) is 30.3 Å². The molecule has 1 amide bonds. The maximum absolute atomic E-state index is 12.0. The number of nitrogens with one attached hydrogen (secondary N) is 2. The lowest BCUT2D eigenvalue weighted by molar-refractivity contribution is 0.0827. The molecule has 29 heavy (non-hydrogen) atoms. The van der Waals surface area contributed by atoms with Crippen molar-refractivity contribution in [2.24, 2.45) is 10.4 Å². The lowest BCUT2D eigenvalue weighted by Gasteiger charge is -2.26. The Balaban J connectivity index is 1.96. The van der Waals surface area contributed by atoms with Crippen molar-refractivity contribution < 1.29 is 4.79 Å². The van der Waals surface area contributed by atoms with Gasteiger partial charge in [0, 0.05) is 32.7 Å². The van der Waals surface area contributed by atoms with Crippen LogP contribution >= 0.6 is 0 Å². The van der Waals surface area contributed by atoms with Crippen molar-refractivity contribution in [3.8, 4) is 0 Å². The molecule has 0 aliphatic carbocycles. The molecule has 2 rings (SSSR count). The Morgan fingerprint density at radius 1 is 0.966 bits per heavy atom. The average molecular weight is 395 g/mol. The smallest absolute Gasteiger partial charge is 0.253 e. The van der Waals surface area contributed by atoms with Crippen LogP contribution < -0.4 is 10.6 Å². The molecule has 2 aromatic rings. The Hall–Kier alpha value is -2.82. The second-order valence-electron chi connectivity index (χ2n) is 8.27. The fraction of sp³-hybridized carbons (Fsp3) is 0.417. The van der Waals surface area contributed by atoms with Gasteiger partial charge in [-0.25, -0.2) is 4.99 Å². The molecule has 0 fully saturated rings. The van der Waals surface area contributed by atoms with E-state index in [1.54, 1.807) is 19.0 Å². The van der Waals surface area contributed by atoms with Gasteiger partial charge in [-0.15, -0.1) is 0 Å². The molecule has 0 spiro atoms. The van der Waals surface area contributed by atoms with Crippen molar-refractivity contribution in [3.63, 3.8) is 0 Å². The van der Waals surface area contributed by atoms with Gasteiger partial charge in [-0.3, -0.25) is 4.79 Å². The number of hydrogen-bond acceptors (Lipinski definition) is 2. The predicted molar refractivity (Wildman–Crippen MR) is 121 cm³/mol. The van der Waals surface area contributed by atoms with Gasteiger partial charge >= 0.3 is 0 Å². The second kappa shape index (κ2) is 10.6. The van der Waals surface area contributed by atoms with Gasteiger partial charge in [0.15, 0.2) is 5.96 Å². The van der Waals surface area contributed by atoms with Crippen molar-refractivity contribution in [2.45, 2.75) is 33.7 Å². The molecule has 0 saturated heterocycles. The van der Waals surface area contributed by atoms with E-state index in [0.29, 0.717) is 12.1 Å². The summed E-state index contributed by atoms with van der Waals surface area (Å²) in [5.41, 5.74) is 3.20. The third kappa shape index (κ3) is 7.60. The fourth-order valence-corrected chi connectivity index (χ4v) is 3.06. The minimum Gasteiger partial charge on any atom is -0.357 e. The summed E-state index contributed by atoms with van der Waals surface area (Å²) < 4.78 is 0. The van der Waals surface area contributed by atoms with Crippen LogP contribution in [0.25, 0.3) is 0 Å². The quantitative estimate of drug-likeness (QED) is 0.530. The molecule has 2 N–H and O–H groups in total. The molecule has 0 unspecified atom stereocenters. The molecule has 0 aliphatic rings. The lowest BCUT2D eigenvalue weighted by Crippen LogP contribution is -2.42. The van der Waals surface area contributed by atoms with Crippen LogP contribution in [0, 0.1) is 5.41 Å². The van der Waals surface area contributed by atoms with E-state index in [4.69, 9.17) is 4.99 Å². The summed E-state index contributed by atoms with van der Waals surface area (Å²) in [5.74, 6) is 0.817. The minimum absolute atomic E-state index is 0.00991. The van der Waals surface area contributed by atoms with Gasteiger partial charge in [0.25, 0.3) is 5.91 Å². The van der Waals surface area contributed by atoms with Crippen LogP contribution in [0.4, 0.5) is 0 Å². The molecular formula is C24H34N4O. The van der Waals surface area contributed by atoms with E-state index < -0.39 is 0 Å². The highest BCUT2D eigenvalue weighted by Crippen LogP contribution is 2.20. The van der Waals surface area contributed by atoms with Crippen molar-refractivity contribution in [2.75, 3.05) is 27.2 Å². The molecule has 0 radical (unpaired) electrons. The van der Waals surface area contributed by atoms with Gasteiger partial charge in [0.1, 0.15) is 0 Å². The van der Waals surface area contributed by atoms with Crippen LogP contribution in [-0.4, -0.2) is 44.0 Å². The standard InChI is InChI=1S/C24H34N4O/c1-6-25-23(27-18-24(2,3)16-19-10-8-7-9-11-19)26-17-20-12-14-21(15-13-20)22(29)28(4)5/h7-15H,6,16-18H2,1-5H3,(H2,25,26,27). The number of nitrogens with zero attached hydrogens (tertiary/aromatic N) is 2. The molecule has 0 bridgehead atoms. The molecule has 156 valence electrons. The summed E-state index contributed by atoms with van der Waals surface area (Å²) in [6.45, 7) is 8.78. The van der Waals surface area contributed by atoms with Gasteiger partial charge in [-0.1, -0.05) is 56.3 Å². The first kappa shape index (κ1) is 22.5. The number of aliphatic imine (C=N–C) groups is 1. The largest absolute Gasteiger partial charge is 0.357 e. The van der Waals surface area contributed by atoms with E-state index in [-0.39, 0.29) is 11.3 Å². The lowest BCUT2D eigenvalue weighted by atomic mass is 9.86. The minimum atomic E-state index is 0.00991. The van der Waals surface area contributed by atoms with Crippen molar-refractivity contribution >= 4 is 11.9 Å². The summed E-state index contributed by atoms with van der Waals surface area (Å²) in [6, 6.07) is 18.2. The zero-order chi connectivity index (χ0) is 21.3. The summed E-state index contributed by atoms with van der Waals surface area (Å²) in [5, 5.41) is 6.79. The molecule has 0 heterocycles. The molecule has 0 saturated carbocycles. The topological polar surface area (TPSA) is 56.7 Å². The number of hydrogen-bond donors (Lipinski definition) is 2. The maximum Gasteiger partial charge on any atom is 0.253 e. The molecule has 2 aromatic carbocycles. The summed E-state index contributed by atoms with van der Waals surface area (Å²) in [6.07, 6.45) is 1.00. The molecular weight excluding hydrogens is 360 g/mol. The van der Waals surface area contributed by atoms with Gasteiger partial charge in [0.2, 0.25) is 0 Å². The molecule has 0 aromatic heterocycles. The summed E-state index contributed by atoms with van der Waals surface area (Å²) in [7, 11) is 3.52. The van der Waals surface area contributed by atoms with Crippen molar-refractivity contribution in [3.05, 3.63) is 71.3 Å². The van der Waals surface area contributed by atoms with Crippen LogP contribution in [0.15, 0.2) is 59.6 Å². The average Bonchev–Trinajstić information content (AvgIpc) is 2.70. The Morgan fingerprint density at radius 3 is 2.21 bits per heavy atom. The van der Waals surface area contributed by atoms with Gasteiger partial charge < -0.3 is 15.5 Å². The molecule has 5 nitrogen and oxygen atoms in total. The number of guanidine groups is 1. The number of rotatable bonds is 8. The highest BCUT2D eigenvalue weighted by molar-refractivity contribution is 5.93. The summed E-state index contributed by atoms with van der Waals surface area (Å²) in [4.78, 5) is 18.3. The first-order chi connectivity index (χ1) is 13.8. The number of carbonyl (C=O) groups is 1. The monoisotopic (exact) mass is 394 g/mol. The van der Waals surface area contributed by atoms with Crippen LogP contribution in [0.5, 0.6) is 0 Å². The van der Waals surface area contributed by atoms with Crippen molar-refractivity contribution in [1.82, 2.24) is 15.5 Å². The normalized spacial score (nSPS) is 11.8. The van der Waals surface area contributed by atoms with Gasteiger partial charge in [-0.05, 0) is 42.0 Å². The number of carbonyl (C=O) groups excluding carboxylic acids is 1. The first-order valence-corrected chi connectivity index (χ1v) is 10.2. The van der Waals surface area contributed by atoms with E-state index >= 15 is 0 Å². The van der Waals surface area contributed by atoms with E-state index in [1.165, 1.54) is 5.56 Å². The van der Waals surface area contributed by atoms with Crippen LogP contribution in [0.1, 0.15) is 42.3 Å². The zero-order valence-electron chi connectivity index (χ0n) is 18.3. The molecule has 5 heteroatoms. The van der Waals surface area contributed by atoms with Gasteiger partial charge in [-0.2, -0.15) is 0 Å². The number of amides is 1. The molecule has 0 aliphatic heterocycles. The van der Waals surface area contributed by atoms with E-state index in [0.717, 1.165) is 31.0 Å². The van der Waals surface area contributed by atoms with Crippen LogP contribution in [0.3, 0.4) is 0 Å². The van der Waals surface area contributed by atoms with Crippen molar-refractivity contribution in [1.29, 1.82) is 0 Å². The highest BCUT2D eigenvalue weighted by atomic mass is 16.2. The predicted octanol–water partition coefficient (Wildman–Crippen LogP) is 3.71. The van der Waals surface area contributed by atoms with E-state index in [2.05, 4.69) is 55.7 Å². The first-order valence-electron chi connectivity index (χ1n) is 10.2. The molecule has 0 atom stereocenters. The Labute approximate surface area is 175 Å². The SMILES string of the molecule is CCNC(=NCc1ccc(C(=O)N(C)C)cc1)NCC(C)(C)Cc1ccccc1. The zero-order valence-corrected chi connectivity index (χ0v) is 18.3. The van der Waals surface area contributed by atoms with Crippen LogP contribution in [0.2, 0.25) is 0 Å². The Morgan fingerprint density at radius 2 is 1.62 bits per heavy atom. The highest BCUT2D eigenvalue weighted by Gasteiger charge is 2.19. The Bertz CT molecular complexity index is 795. The fourth-order valence-electron chi connectivity index (χ4n) is 3.06.